The topological polar surface area (TPSA) is 90.7 Å². The van der Waals surface area contributed by atoms with Crippen molar-refractivity contribution in [3.63, 3.8) is 0 Å². The highest BCUT2D eigenvalue weighted by Gasteiger charge is 2.44. The molecule has 1 saturated heterocycles. The first-order chi connectivity index (χ1) is 16.8. The van der Waals surface area contributed by atoms with E-state index in [1.807, 2.05) is 34.6 Å². The smallest absolute Gasteiger partial charge is 0.444 e. The first kappa shape index (κ1) is 25.9. The van der Waals surface area contributed by atoms with Gasteiger partial charge in [-0.2, -0.15) is 4.98 Å². The number of rotatable bonds is 6. The lowest BCUT2D eigenvalue weighted by molar-refractivity contribution is -0.274. The van der Waals surface area contributed by atoms with Crippen LogP contribution in [0.4, 0.5) is 23.9 Å². The van der Waals surface area contributed by atoms with Crippen LogP contribution in [0.2, 0.25) is 0 Å². The number of piperidine rings is 1. The van der Waals surface area contributed by atoms with E-state index in [1.54, 1.807) is 9.58 Å². The number of nitrogens with zero attached hydrogens (tertiary/aromatic N) is 4. The maximum Gasteiger partial charge on any atom is 0.573 e. The Balaban J connectivity index is 1.46. The number of fused-ring (bicyclic) bond motifs is 2. The van der Waals surface area contributed by atoms with E-state index in [0.717, 1.165) is 18.9 Å². The molecule has 2 fully saturated rings. The number of anilines is 1. The van der Waals surface area contributed by atoms with Gasteiger partial charge in [-0.25, -0.2) is 9.48 Å². The number of carbonyl (C=O) groups is 1. The zero-order valence-corrected chi connectivity index (χ0v) is 21.0. The molecule has 1 aliphatic heterocycles. The van der Waals surface area contributed by atoms with Crippen LogP contribution in [-0.4, -0.2) is 56.9 Å². The Morgan fingerprint density at radius 2 is 1.75 bits per heavy atom. The van der Waals surface area contributed by atoms with Crippen LogP contribution in [0.3, 0.4) is 0 Å². The molecule has 1 amide bonds. The van der Waals surface area contributed by atoms with E-state index in [2.05, 4.69) is 20.1 Å². The molecule has 1 saturated carbocycles. The summed E-state index contributed by atoms with van der Waals surface area (Å²) in [6.07, 6.45) is -3.15. The van der Waals surface area contributed by atoms with Gasteiger partial charge in [0, 0.05) is 25.2 Å². The van der Waals surface area contributed by atoms with Crippen molar-refractivity contribution < 1.29 is 32.2 Å². The zero-order chi connectivity index (χ0) is 26.3. The second kappa shape index (κ2) is 9.70. The van der Waals surface area contributed by atoms with E-state index in [0.29, 0.717) is 19.0 Å². The van der Waals surface area contributed by atoms with Gasteiger partial charge in [-0.1, -0.05) is 6.07 Å². The lowest BCUT2D eigenvalue weighted by Crippen LogP contribution is -2.51. The highest BCUT2D eigenvalue weighted by Crippen LogP contribution is 2.39. The van der Waals surface area contributed by atoms with Gasteiger partial charge in [-0.05, 0) is 71.4 Å². The fraction of sp³-hybridized carbons (Fsp3) is 0.625. The quantitative estimate of drug-likeness (QED) is 0.539. The predicted octanol–water partition coefficient (Wildman–Crippen LogP) is 5.61. The number of nitrogens with one attached hydrogen (secondary N) is 1. The highest BCUT2D eigenvalue weighted by molar-refractivity contribution is 5.68. The van der Waals surface area contributed by atoms with Crippen LogP contribution in [0.15, 0.2) is 24.3 Å². The van der Waals surface area contributed by atoms with Crippen LogP contribution >= 0.6 is 0 Å². The van der Waals surface area contributed by atoms with Gasteiger partial charge < -0.3 is 24.4 Å². The molecule has 198 valence electrons. The van der Waals surface area contributed by atoms with Crippen LogP contribution in [0.5, 0.6) is 17.5 Å². The van der Waals surface area contributed by atoms with Crippen LogP contribution < -0.4 is 14.8 Å². The number of alkyl halides is 3. The molecule has 2 heterocycles. The van der Waals surface area contributed by atoms with Gasteiger partial charge in [0.25, 0.3) is 0 Å². The van der Waals surface area contributed by atoms with Gasteiger partial charge in [0.15, 0.2) is 0 Å². The first-order valence-corrected chi connectivity index (χ1v) is 12.0. The van der Waals surface area contributed by atoms with Crippen LogP contribution in [0.1, 0.15) is 53.5 Å². The van der Waals surface area contributed by atoms with Crippen molar-refractivity contribution in [2.45, 2.75) is 71.5 Å². The van der Waals surface area contributed by atoms with Crippen LogP contribution in [0.25, 0.3) is 0 Å². The summed E-state index contributed by atoms with van der Waals surface area (Å²) in [7, 11) is 0. The molecule has 4 rings (SSSR count). The third-order valence-corrected chi connectivity index (χ3v) is 6.12. The third-order valence-electron chi connectivity index (χ3n) is 6.12. The average Bonchev–Trinajstić information content (AvgIpc) is 3.22. The van der Waals surface area contributed by atoms with Gasteiger partial charge in [-0.15, -0.1) is 18.3 Å². The Kier molecular flexibility index (Phi) is 6.98. The molecule has 36 heavy (non-hydrogen) atoms. The first-order valence-electron chi connectivity index (χ1n) is 12.0. The average molecular weight is 512 g/mol. The summed E-state index contributed by atoms with van der Waals surface area (Å²) in [5, 5.41) is 7.95. The fourth-order valence-electron chi connectivity index (χ4n) is 4.70. The van der Waals surface area contributed by atoms with Gasteiger partial charge in [0.1, 0.15) is 17.1 Å². The molecule has 3 atom stereocenters. The van der Waals surface area contributed by atoms with Crippen molar-refractivity contribution in [1.82, 2.24) is 19.7 Å². The summed E-state index contributed by atoms with van der Waals surface area (Å²) >= 11 is 0. The Hall–Kier alpha value is -3.18. The molecule has 2 bridgehead atoms. The van der Waals surface area contributed by atoms with E-state index in [1.165, 1.54) is 18.2 Å². The molecule has 1 aliphatic carbocycles. The Morgan fingerprint density at radius 1 is 1.11 bits per heavy atom. The van der Waals surface area contributed by atoms with Crippen molar-refractivity contribution in [3.05, 3.63) is 24.3 Å². The summed E-state index contributed by atoms with van der Waals surface area (Å²) in [5.41, 5.74) is -0.548. The molecular formula is C24H32F3N5O4. The number of carbonyl (C=O) groups excluding carboxylic acids is 1. The van der Waals surface area contributed by atoms with E-state index >= 15 is 0 Å². The molecule has 1 unspecified atom stereocenters. The maximum atomic E-state index is 12.6. The van der Waals surface area contributed by atoms with E-state index in [9.17, 15) is 18.0 Å². The number of hydrogen-bond acceptors (Lipinski definition) is 7. The minimum atomic E-state index is -4.80. The van der Waals surface area contributed by atoms with Crippen molar-refractivity contribution in [3.8, 4) is 17.5 Å². The number of halogens is 3. The lowest BCUT2D eigenvalue weighted by Gasteiger charge is -2.38. The number of benzene rings is 1. The molecule has 1 aromatic carbocycles. The van der Waals surface area contributed by atoms with E-state index in [4.69, 9.17) is 9.47 Å². The van der Waals surface area contributed by atoms with Crippen molar-refractivity contribution in [2.24, 2.45) is 11.8 Å². The molecule has 0 spiro atoms. The van der Waals surface area contributed by atoms with E-state index < -0.39 is 12.0 Å². The molecule has 2 aromatic rings. The summed E-state index contributed by atoms with van der Waals surface area (Å²) in [6, 6.07) is 5.39. The van der Waals surface area contributed by atoms with Gasteiger partial charge in [0.05, 0.1) is 6.04 Å². The minimum Gasteiger partial charge on any atom is -0.444 e. The standard InChI is InChI=1S/C24H32F3N5O4/c1-14(2)32-21(34-17-7-6-8-18(11-17)35-24(25,26)27)29-20(30-32)28-19-15-9-10-16(19)13-31(12-15)22(33)36-23(3,4)5/h6-8,11,14-16,19H,9-10,12-13H2,1-5H3,(H,28,30)/t15-,16+,19?. The van der Waals surface area contributed by atoms with Crippen molar-refractivity contribution in [1.29, 1.82) is 0 Å². The third kappa shape index (κ3) is 6.33. The van der Waals surface area contributed by atoms with Crippen molar-refractivity contribution >= 4 is 12.0 Å². The predicted molar refractivity (Wildman–Crippen MR) is 125 cm³/mol. The Bertz CT molecular complexity index is 1070. The second-order valence-electron chi connectivity index (χ2n) is 10.5. The normalized spacial score (nSPS) is 22.0. The van der Waals surface area contributed by atoms with Crippen LogP contribution in [0, 0.1) is 11.8 Å². The summed E-state index contributed by atoms with van der Waals surface area (Å²) in [4.78, 5) is 18.8. The number of hydrogen-bond donors (Lipinski definition) is 1. The monoisotopic (exact) mass is 511 g/mol. The molecule has 1 aromatic heterocycles. The molecule has 0 radical (unpaired) electrons. The van der Waals surface area contributed by atoms with Crippen LogP contribution in [-0.2, 0) is 4.74 Å². The molecule has 2 aliphatic rings. The molecular weight excluding hydrogens is 479 g/mol. The number of amides is 1. The lowest BCUT2D eigenvalue weighted by atomic mass is 9.92. The van der Waals surface area contributed by atoms with Gasteiger partial charge in [0.2, 0.25) is 5.95 Å². The summed E-state index contributed by atoms with van der Waals surface area (Å²) in [5.74, 6) is 0.574. The fourth-order valence-corrected chi connectivity index (χ4v) is 4.70. The molecule has 9 nitrogen and oxygen atoms in total. The van der Waals surface area contributed by atoms with Crippen molar-refractivity contribution in [2.75, 3.05) is 18.4 Å². The highest BCUT2D eigenvalue weighted by atomic mass is 19.4. The minimum absolute atomic E-state index is 0.0862. The number of likely N-dealkylation sites (tertiary alicyclic amines) is 1. The zero-order valence-electron chi connectivity index (χ0n) is 21.0. The number of aromatic nitrogens is 3. The SMILES string of the molecule is CC(C)n1nc(NC2[C@@H]3CC[C@H]2CN(C(=O)OC(C)(C)C)C3)nc1Oc1cccc(OC(F)(F)F)c1. The Labute approximate surface area is 207 Å². The largest absolute Gasteiger partial charge is 0.573 e. The molecule has 12 heteroatoms. The van der Waals surface area contributed by atoms with Gasteiger partial charge >= 0.3 is 18.5 Å². The Morgan fingerprint density at radius 3 is 2.33 bits per heavy atom. The maximum absolute atomic E-state index is 12.6. The second-order valence-corrected chi connectivity index (χ2v) is 10.5. The summed E-state index contributed by atoms with van der Waals surface area (Å²) in [6.45, 7) is 10.5. The number of ether oxygens (including phenoxy) is 3. The van der Waals surface area contributed by atoms with E-state index in [-0.39, 0.29) is 47.5 Å². The van der Waals surface area contributed by atoms with Gasteiger partial charge in [-0.3, -0.25) is 0 Å². The summed E-state index contributed by atoms with van der Waals surface area (Å²) < 4.78 is 54.6. The molecule has 1 N–H and O–H groups in total.